The summed E-state index contributed by atoms with van der Waals surface area (Å²) in [7, 11) is 1.65. The molecule has 1 fully saturated rings. The van der Waals surface area contributed by atoms with Crippen molar-refractivity contribution in [3.63, 3.8) is 0 Å². The van der Waals surface area contributed by atoms with Gasteiger partial charge in [0.25, 0.3) is 0 Å². The Labute approximate surface area is 96.5 Å². The molecule has 0 N–H and O–H groups in total. The van der Waals surface area contributed by atoms with Gasteiger partial charge in [-0.15, -0.1) is 0 Å². The fourth-order valence-corrected chi connectivity index (χ4v) is 1.59. The molecule has 0 amide bonds. The van der Waals surface area contributed by atoms with E-state index in [1.54, 1.807) is 7.11 Å². The summed E-state index contributed by atoms with van der Waals surface area (Å²) in [6, 6.07) is 0. The van der Waals surface area contributed by atoms with Gasteiger partial charge in [0.05, 0.1) is 0 Å². The van der Waals surface area contributed by atoms with E-state index in [9.17, 15) is 0 Å². The predicted octanol–water partition coefficient (Wildman–Crippen LogP) is 1.82. The Morgan fingerprint density at radius 1 is 1.56 bits per heavy atom. The zero-order valence-electron chi connectivity index (χ0n) is 10.2. The lowest BCUT2D eigenvalue weighted by Crippen LogP contribution is -2.20. The van der Waals surface area contributed by atoms with Crippen LogP contribution < -0.4 is 0 Å². The van der Waals surface area contributed by atoms with Crippen molar-refractivity contribution in [2.24, 2.45) is 16.1 Å². The van der Waals surface area contributed by atoms with E-state index < -0.39 is 0 Å². The predicted molar refractivity (Wildman–Crippen MR) is 62.7 cm³/mol. The van der Waals surface area contributed by atoms with Crippen LogP contribution in [-0.4, -0.2) is 38.7 Å². The first-order valence-corrected chi connectivity index (χ1v) is 5.55. The average molecular weight is 228 g/mol. The van der Waals surface area contributed by atoms with Crippen LogP contribution in [0.3, 0.4) is 0 Å². The number of hydrogen-bond donors (Lipinski definition) is 0. The highest BCUT2D eigenvalue weighted by Gasteiger charge is 2.32. The van der Waals surface area contributed by atoms with E-state index in [1.807, 2.05) is 6.92 Å². The minimum absolute atomic E-state index is 0.0385. The van der Waals surface area contributed by atoms with E-state index in [1.165, 1.54) is 0 Å². The summed E-state index contributed by atoms with van der Waals surface area (Å²) in [5, 5.41) is 3.88. The van der Waals surface area contributed by atoms with Gasteiger partial charge in [-0.2, -0.15) is 0 Å². The normalized spacial score (nSPS) is 30.4. The third kappa shape index (κ3) is 3.57. The zero-order chi connectivity index (χ0) is 12.0. The van der Waals surface area contributed by atoms with Gasteiger partial charge in [-0.3, -0.25) is 0 Å². The lowest BCUT2D eigenvalue weighted by atomic mass is 10.1. The average Bonchev–Trinajstić information content (AvgIpc) is 2.66. The van der Waals surface area contributed by atoms with Crippen LogP contribution in [0.1, 0.15) is 26.7 Å². The molecule has 3 unspecified atom stereocenters. The molecular formula is C11H20N2O3. The van der Waals surface area contributed by atoms with Crippen LogP contribution in [0.25, 0.3) is 0 Å². The van der Waals surface area contributed by atoms with Gasteiger partial charge < -0.3 is 14.3 Å². The van der Waals surface area contributed by atoms with Crippen molar-refractivity contribution in [2.75, 3.05) is 13.7 Å². The molecule has 92 valence electrons. The van der Waals surface area contributed by atoms with Crippen LogP contribution >= 0.6 is 0 Å². The van der Waals surface area contributed by atoms with Gasteiger partial charge in [0.2, 0.25) is 0 Å². The van der Waals surface area contributed by atoms with Gasteiger partial charge in [0, 0.05) is 20.0 Å². The maximum atomic E-state index is 5.61. The highest BCUT2D eigenvalue weighted by molar-refractivity contribution is 5.85. The smallest absolute Gasteiger partial charge is 0.166 e. The Morgan fingerprint density at radius 2 is 2.31 bits per heavy atom. The molecule has 16 heavy (non-hydrogen) atoms. The highest BCUT2D eigenvalue weighted by Crippen LogP contribution is 2.26. The molecule has 1 saturated heterocycles. The van der Waals surface area contributed by atoms with E-state index in [2.05, 4.69) is 23.8 Å². The largest absolute Gasteiger partial charge is 0.392 e. The first-order chi connectivity index (χ1) is 7.71. The maximum absolute atomic E-state index is 5.61. The second kappa shape index (κ2) is 6.60. The minimum atomic E-state index is -0.115. The summed E-state index contributed by atoms with van der Waals surface area (Å²) in [5.74, 6) is 1.02. The summed E-state index contributed by atoms with van der Waals surface area (Å²) in [5.41, 5.74) is 0. The van der Waals surface area contributed by atoms with Gasteiger partial charge in [-0.05, 0) is 12.6 Å². The second-order valence-corrected chi connectivity index (χ2v) is 3.87. The zero-order valence-corrected chi connectivity index (χ0v) is 10.2. The van der Waals surface area contributed by atoms with E-state index in [0.717, 1.165) is 6.42 Å². The molecule has 1 rings (SSSR count). The van der Waals surface area contributed by atoms with Crippen molar-refractivity contribution < 1.29 is 14.3 Å². The second-order valence-electron chi connectivity index (χ2n) is 3.87. The molecule has 0 bridgehead atoms. The van der Waals surface area contributed by atoms with Crippen molar-refractivity contribution in [3.05, 3.63) is 0 Å². The first-order valence-electron chi connectivity index (χ1n) is 5.55. The highest BCUT2D eigenvalue weighted by atomic mass is 16.7. The van der Waals surface area contributed by atoms with Gasteiger partial charge in [0.15, 0.2) is 12.1 Å². The van der Waals surface area contributed by atoms with E-state index in [0.29, 0.717) is 24.8 Å². The molecule has 1 aliphatic heterocycles. The van der Waals surface area contributed by atoms with E-state index in [-0.39, 0.29) is 12.4 Å². The Balaban J connectivity index is 2.33. The molecule has 1 aliphatic rings. The van der Waals surface area contributed by atoms with Gasteiger partial charge >= 0.3 is 0 Å². The Bertz CT molecular complexity index is 256. The van der Waals surface area contributed by atoms with E-state index >= 15 is 0 Å². The lowest BCUT2D eigenvalue weighted by Gasteiger charge is -2.13. The minimum Gasteiger partial charge on any atom is -0.392 e. The van der Waals surface area contributed by atoms with Crippen molar-refractivity contribution >= 4 is 12.6 Å². The first kappa shape index (κ1) is 13.1. The fourth-order valence-electron chi connectivity index (χ4n) is 1.59. The number of oxime groups is 1. The number of amidine groups is 1. The Morgan fingerprint density at radius 3 is 2.81 bits per heavy atom. The number of hydrogen-bond acceptors (Lipinski definition) is 4. The van der Waals surface area contributed by atoms with Crippen LogP contribution in [0, 0.1) is 5.92 Å². The Kier molecular flexibility index (Phi) is 5.42. The molecule has 0 aromatic rings. The summed E-state index contributed by atoms with van der Waals surface area (Å²) >= 11 is 0. The van der Waals surface area contributed by atoms with Crippen molar-refractivity contribution in [1.29, 1.82) is 0 Å². The van der Waals surface area contributed by atoms with Crippen molar-refractivity contribution in [3.8, 4) is 0 Å². The topological polar surface area (TPSA) is 52.4 Å². The number of aliphatic imine (C=N–C) groups is 1. The van der Waals surface area contributed by atoms with Crippen molar-refractivity contribution in [2.45, 2.75) is 39.1 Å². The summed E-state index contributed by atoms with van der Waals surface area (Å²) in [6.45, 7) is 7.91. The summed E-state index contributed by atoms with van der Waals surface area (Å²) in [6.07, 6.45) is 1.53. The Hall–Kier alpha value is -0.940. The number of methoxy groups -OCH3 is 1. The van der Waals surface area contributed by atoms with Crippen molar-refractivity contribution in [1.82, 2.24) is 0 Å². The molecule has 1 heterocycles. The van der Waals surface area contributed by atoms with Crippen LogP contribution in [0.4, 0.5) is 0 Å². The van der Waals surface area contributed by atoms with Gasteiger partial charge in [-0.25, -0.2) is 4.99 Å². The molecule has 3 atom stereocenters. The monoisotopic (exact) mass is 228 g/mol. The SMILES string of the molecule is C=N/C(CC)=N\OCC1OC(OC)CC1C. The standard InChI is InChI=1S/C11H20N2O3/c1-5-10(12-3)13-15-7-9-8(2)6-11(14-4)16-9/h8-9,11H,3,5-7H2,1-2,4H3/b13-10-. The molecule has 5 heteroatoms. The molecule has 0 spiro atoms. The maximum Gasteiger partial charge on any atom is 0.166 e. The fraction of sp³-hybridized carbons (Fsp3) is 0.818. The lowest BCUT2D eigenvalue weighted by molar-refractivity contribution is -0.130. The summed E-state index contributed by atoms with van der Waals surface area (Å²) in [4.78, 5) is 8.93. The molecule has 0 aromatic heterocycles. The van der Waals surface area contributed by atoms with Crippen LogP contribution in [0.2, 0.25) is 0 Å². The van der Waals surface area contributed by atoms with Crippen LogP contribution in [0.5, 0.6) is 0 Å². The molecule has 5 nitrogen and oxygen atoms in total. The quantitative estimate of drug-likeness (QED) is 0.410. The molecule has 0 aliphatic carbocycles. The number of rotatable bonds is 5. The third-order valence-corrected chi connectivity index (χ3v) is 2.70. The molecule has 0 saturated carbocycles. The summed E-state index contributed by atoms with van der Waals surface area (Å²) < 4.78 is 10.7. The van der Waals surface area contributed by atoms with Crippen LogP contribution in [-0.2, 0) is 14.3 Å². The van der Waals surface area contributed by atoms with E-state index in [4.69, 9.17) is 14.3 Å². The van der Waals surface area contributed by atoms with Gasteiger partial charge in [-0.1, -0.05) is 19.0 Å². The van der Waals surface area contributed by atoms with Crippen LogP contribution in [0.15, 0.2) is 10.1 Å². The third-order valence-electron chi connectivity index (χ3n) is 2.70. The van der Waals surface area contributed by atoms with Gasteiger partial charge in [0.1, 0.15) is 12.7 Å². The molecule has 0 aromatic carbocycles. The molecule has 0 radical (unpaired) electrons. The number of nitrogens with zero attached hydrogens (tertiary/aromatic N) is 2. The number of ether oxygens (including phenoxy) is 2. The molecular weight excluding hydrogens is 208 g/mol.